The van der Waals surface area contributed by atoms with Crippen LogP contribution in [0.15, 0.2) is 4.79 Å². The predicted octanol–water partition coefficient (Wildman–Crippen LogP) is 1.53. The van der Waals surface area contributed by atoms with Gasteiger partial charge in [0.15, 0.2) is 5.56 Å². The number of hydrogen-bond acceptors (Lipinski definition) is 4. The van der Waals surface area contributed by atoms with Crippen LogP contribution < -0.4 is 11.3 Å². The number of nitrogens with zero attached hydrogens (tertiary/aromatic N) is 2. The lowest BCUT2D eigenvalue weighted by Gasteiger charge is -2.32. The molecule has 0 radical (unpaired) electrons. The van der Waals surface area contributed by atoms with Crippen molar-refractivity contribution in [2.45, 2.75) is 52.6 Å². The number of aromatic nitrogens is 2. The number of carbonyl (C=O) groups is 1. The van der Waals surface area contributed by atoms with Gasteiger partial charge in [-0.05, 0) is 41.5 Å². The van der Waals surface area contributed by atoms with Gasteiger partial charge in [0.05, 0.1) is 18.2 Å². The lowest BCUT2D eigenvalue weighted by atomic mass is 10.1. The van der Waals surface area contributed by atoms with E-state index >= 15 is 0 Å². The number of rotatable bonds is 1. The molecule has 1 aromatic rings. The summed E-state index contributed by atoms with van der Waals surface area (Å²) in [6.07, 6.45) is 0. The van der Waals surface area contributed by atoms with Gasteiger partial charge in [0.2, 0.25) is 0 Å². The van der Waals surface area contributed by atoms with E-state index in [-0.39, 0.29) is 11.4 Å². The molecule has 6 heteroatoms. The average Bonchev–Trinajstić information content (AvgIpc) is 2.48. The summed E-state index contributed by atoms with van der Waals surface area (Å²) in [6, 6.07) is 0. The number of anilines is 1. The van der Waals surface area contributed by atoms with Crippen molar-refractivity contribution in [2.75, 3.05) is 12.8 Å². The first-order chi connectivity index (χ1) is 8.42. The summed E-state index contributed by atoms with van der Waals surface area (Å²) in [5.74, 6) is -0.567. The molecule has 2 N–H and O–H groups in total. The second kappa shape index (κ2) is 4.43. The number of methoxy groups -OCH3 is 1. The predicted molar refractivity (Wildman–Crippen MR) is 74.4 cm³/mol. The van der Waals surface area contributed by atoms with Gasteiger partial charge < -0.3 is 10.5 Å². The molecule has 1 aromatic heterocycles. The summed E-state index contributed by atoms with van der Waals surface area (Å²) in [7, 11) is 1.23. The Labute approximate surface area is 113 Å². The van der Waals surface area contributed by atoms with Crippen LogP contribution >= 0.6 is 0 Å². The maximum atomic E-state index is 12.5. The second-order valence-electron chi connectivity index (χ2n) is 6.52. The van der Waals surface area contributed by atoms with Crippen LogP contribution in [0, 0.1) is 0 Å². The summed E-state index contributed by atoms with van der Waals surface area (Å²) < 4.78 is 7.81. The van der Waals surface area contributed by atoms with E-state index in [0.717, 1.165) is 0 Å². The smallest absolute Gasteiger partial charge is 0.347 e. The molecular weight excluding hydrogens is 246 g/mol. The first-order valence-electron chi connectivity index (χ1n) is 6.15. The third kappa shape index (κ3) is 2.52. The van der Waals surface area contributed by atoms with Gasteiger partial charge >= 0.3 is 5.97 Å². The Hall–Kier alpha value is -1.72. The van der Waals surface area contributed by atoms with E-state index in [2.05, 4.69) is 4.74 Å². The zero-order valence-electron chi connectivity index (χ0n) is 12.7. The van der Waals surface area contributed by atoms with Crippen molar-refractivity contribution in [2.24, 2.45) is 0 Å². The van der Waals surface area contributed by atoms with E-state index in [1.54, 1.807) is 4.68 Å². The number of nitrogens with two attached hydrogens (primary N) is 1. The molecule has 1 rings (SSSR count). The minimum Gasteiger partial charge on any atom is -0.465 e. The number of ether oxygens (including phenoxy) is 1. The average molecular weight is 269 g/mol. The summed E-state index contributed by atoms with van der Waals surface area (Å²) >= 11 is 0. The zero-order valence-corrected chi connectivity index (χ0v) is 12.7. The van der Waals surface area contributed by atoms with Crippen LogP contribution in [0.3, 0.4) is 0 Å². The van der Waals surface area contributed by atoms with Crippen molar-refractivity contribution in [3.8, 4) is 0 Å². The number of esters is 1. The van der Waals surface area contributed by atoms with E-state index in [1.807, 2.05) is 41.5 Å². The molecule has 0 aliphatic heterocycles. The lowest BCUT2D eigenvalue weighted by Crippen LogP contribution is -2.42. The van der Waals surface area contributed by atoms with Crippen molar-refractivity contribution in [1.82, 2.24) is 9.36 Å². The summed E-state index contributed by atoms with van der Waals surface area (Å²) in [5, 5.41) is 0. The fourth-order valence-electron chi connectivity index (χ4n) is 2.08. The van der Waals surface area contributed by atoms with Gasteiger partial charge in [-0.2, -0.15) is 0 Å². The Morgan fingerprint density at radius 3 is 1.74 bits per heavy atom. The van der Waals surface area contributed by atoms with E-state index in [0.29, 0.717) is 0 Å². The Morgan fingerprint density at radius 2 is 1.47 bits per heavy atom. The summed E-state index contributed by atoms with van der Waals surface area (Å²) in [4.78, 5) is 24.2. The first kappa shape index (κ1) is 15.3. The maximum Gasteiger partial charge on any atom is 0.347 e. The Kier molecular flexibility index (Phi) is 3.58. The molecule has 0 bridgehead atoms. The normalized spacial score (nSPS) is 12.6. The maximum absolute atomic E-state index is 12.5. The molecule has 0 saturated carbocycles. The minimum atomic E-state index is -0.705. The highest BCUT2D eigenvalue weighted by Gasteiger charge is 2.33. The molecule has 1 heterocycles. The molecule has 0 saturated heterocycles. The molecule has 0 amide bonds. The SMILES string of the molecule is COC(=O)c1c(N)n(C(C)(C)C)n(C(C)(C)C)c1=O. The van der Waals surface area contributed by atoms with Crippen molar-refractivity contribution >= 4 is 11.8 Å². The number of carbonyl (C=O) groups excluding carboxylic acids is 1. The van der Waals surface area contributed by atoms with E-state index < -0.39 is 22.6 Å². The van der Waals surface area contributed by atoms with Gasteiger partial charge in [0.25, 0.3) is 5.56 Å². The standard InChI is InChI=1S/C13H23N3O3/c1-12(2,3)15-9(14)8(11(18)19-7)10(17)16(15)13(4,5)6/h14H2,1-7H3. The third-order valence-electron chi connectivity index (χ3n) is 2.75. The van der Waals surface area contributed by atoms with Crippen LogP contribution in [-0.2, 0) is 15.8 Å². The molecule has 19 heavy (non-hydrogen) atoms. The molecular formula is C13H23N3O3. The van der Waals surface area contributed by atoms with Gasteiger partial charge in [-0.25, -0.2) is 9.48 Å². The van der Waals surface area contributed by atoms with Gasteiger partial charge in [-0.1, -0.05) is 0 Å². The fraction of sp³-hybridized carbons (Fsp3) is 0.692. The van der Waals surface area contributed by atoms with E-state index in [9.17, 15) is 9.59 Å². The molecule has 0 spiro atoms. The van der Waals surface area contributed by atoms with Crippen LogP contribution in [0.1, 0.15) is 51.9 Å². The molecule has 0 aromatic carbocycles. The quantitative estimate of drug-likeness (QED) is 0.784. The first-order valence-corrected chi connectivity index (χ1v) is 6.15. The highest BCUT2D eigenvalue weighted by molar-refractivity contribution is 5.94. The number of hydrogen-bond donors (Lipinski definition) is 1. The van der Waals surface area contributed by atoms with Crippen molar-refractivity contribution in [1.29, 1.82) is 0 Å². The van der Waals surface area contributed by atoms with E-state index in [1.165, 1.54) is 11.8 Å². The second-order valence-corrected chi connectivity index (χ2v) is 6.52. The number of nitrogen functional groups attached to an aromatic ring is 1. The van der Waals surface area contributed by atoms with Gasteiger partial charge in [0, 0.05) is 0 Å². The van der Waals surface area contributed by atoms with Crippen molar-refractivity contribution < 1.29 is 9.53 Å². The highest BCUT2D eigenvalue weighted by atomic mass is 16.5. The largest absolute Gasteiger partial charge is 0.465 e. The van der Waals surface area contributed by atoms with Crippen LogP contribution in [0.25, 0.3) is 0 Å². The molecule has 0 atom stereocenters. The van der Waals surface area contributed by atoms with Crippen molar-refractivity contribution in [3.05, 3.63) is 15.9 Å². The molecule has 0 unspecified atom stereocenters. The van der Waals surface area contributed by atoms with Gasteiger partial charge in [-0.3, -0.25) is 9.48 Å². The van der Waals surface area contributed by atoms with Gasteiger partial charge in [0.1, 0.15) is 5.82 Å². The van der Waals surface area contributed by atoms with Crippen LogP contribution in [-0.4, -0.2) is 22.4 Å². The summed E-state index contributed by atoms with van der Waals surface area (Å²) in [6.45, 7) is 11.4. The summed E-state index contributed by atoms with van der Waals surface area (Å²) in [5.41, 5.74) is 4.55. The third-order valence-corrected chi connectivity index (χ3v) is 2.75. The zero-order chi connectivity index (χ0) is 15.2. The molecule has 0 aliphatic carbocycles. The molecule has 6 nitrogen and oxygen atoms in total. The Bertz CT molecular complexity index is 553. The van der Waals surface area contributed by atoms with Crippen LogP contribution in [0.2, 0.25) is 0 Å². The topological polar surface area (TPSA) is 79.2 Å². The molecule has 0 aliphatic rings. The monoisotopic (exact) mass is 269 g/mol. The fourth-order valence-corrected chi connectivity index (χ4v) is 2.08. The molecule has 0 fully saturated rings. The highest BCUT2D eigenvalue weighted by Crippen LogP contribution is 2.25. The van der Waals surface area contributed by atoms with Gasteiger partial charge in [-0.15, -0.1) is 0 Å². The minimum absolute atomic E-state index is 0.104. The molecule has 108 valence electrons. The van der Waals surface area contributed by atoms with Crippen LogP contribution in [0.5, 0.6) is 0 Å². The van der Waals surface area contributed by atoms with Crippen molar-refractivity contribution in [3.63, 3.8) is 0 Å². The lowest BCUT2D eigenvalue weighted by molar-refractivity contribution is 0.0600. The van der Waals surface area contributed by atoms with E-state index in [4.69, 9.17) is 5.73 Å². The van der Waals surface area contributed by atoms with Crippen LogP contribution in [0.4, 0.5) is 5.82 Å². The Morgan fingerprint density at radius 1 is 1.05 bits per heavy atom. The Balaban J connectivity index is 3.83.